The second-order valence-electron chi connectivity index (χ2n) is 3.71. The molecule has 3 rings (SSSR count). The summed E-state index contributed by atoms with van der Waals surface area (Å²) in [6.45, 7) is 1.19. The number of ether oxygens (including phenoxy) is 2. The normalized spacial score (nSPS) is 15.4. The molecule has 7 nitrogen and oxygen atoms in total. The molecule has 1 aliphatic rings. The van der Waals surface area contributed by atoms with Crippen molar-refractivity contribution in [1.82, 2.24) is 25.4 Å². The molecule has 3 heterocycles. The van der Waals surface area contributed by atoms with E-state index < -0.39 is 0 Å². The maximum absolute atomic E-state index is 5.78. The van der Waals surface area contributed by atoms with Crippen molar-refractivity contribution in [3.05, 3.63) is 12.4 Å². The molecule has 0 atom stereocenters. The molecule has 1 saturated heterocycles. The topological polar surface area (TPSA) is 85.8 Å². The van der Waals surface area contributed by atoms with Crippen LogP contribution in [0.3, 0.4) is 0 Å². The molecule has 0 aliphatic carbocycles. The SMILES string of the molecule is CSc1ncc(-c2cn[nH]n2)c(OC2COC2)n1. The number of hydrogen-bond acceptors (Lipinski definition) is 7. The first-order chi connectivity index (χ1) is 8.86. The molecule has 0 bridgehead atoms. The highest BCUT2D eigenvalue weighted by Crippen LogP contribution is 2.28. The average Bonchev–Trinajstić information content (AvgIpc) is 2.87. The van der Waals surface area contributed by atoms with Crippen LogP contribution in [0, 0.1) is 0 Å². The summed E-state index contributed by atoms with van der Waals surface area (Å²) in [6.07, 6.45) is 5.29. The van der Waals surface area contributed by atoms with Gasteiger partial charge in [0, 0.05) is 6.20 Å². The van der Waals surface area contributed by atoms with E-state index in [4.69, 9.17) is 9.47 Å². The van der Waals surface area contributed by atoms with Gasteiger partial charge in [-0.15, -0.1) is 0 Å². The van der Waals surface area contributed by atoms with Gasteiger partial charge in [0.1, 0.15) is 11.8 Å². The van der Waals surface area contributed by atoms with Crippen molar-refractivity contribution in [2.75, 3.05) is 19.5 Å². The highest BCUT2D eigenvalue weighted by Gasteiger charge is 2.23. The second kappa shape index (κ2) is 4.91. The summed E-state index contributed by atoms with van der Waals surface area (Å²) in [7, 11) is 0. The van der Waals surface area contributed by atoms with Crippen molar-refractivity contribution >= 4 is 11.8 Å². The van der Waals surface area contributed by atoms with E-state index >= 15 is 0 Å². The molecule has 1 N–H and O–H groups in total. The summed E-state index contributed by atoms with van der Waals surface area (Å²) < 4.78 is 10.9. The zero-order chi connectivity index (χ0) is 12.4. The van der Waals surface area contributed by atoms with Gasteiger partial charge in [0.2, 0.25) is 5.88 Å². The average molecular weight is 265 g/mol. The lowest BCUT2D eigenvalue weighted by atomic mass is 10.2. The summed E-state index contributed by atoms with van der Waals surface area (Å²) in [6, 6.07) is 0. The largest absolute Gasteiger partial charge is 0.469 e. The van der Waals surface area contributed by atoms with Gasteiger partial charge in [-0.1, -0.05) is 11.8 Å². The Labute approximate surface area is 107 Å². The zero-order valence-electron chi connectivity index (χ0n) is 9.66. The molecule has 0 spiro atoms. The molecule has 0 amide bonds. The van der Waals surface area contributed by atoms with Crippen molar-refractivity contribution in [2.24, 2.45) is 0 Å². The third-order valence-corrected chi connectivity index (χ3v) is 3.05. The highest BCUT2D eigenvalue weighted by molar-refractivity contribution is 7.98. The van der Waals surface area contributed by atoms with Crippen LogP contribution < -0.4 is 4.74 Å². The van der Waals surface area contributed by atoms with Gasteiger partial charge in [0.05, 0.1) is 25.0 Å². The molecule has 94 valence electrons. The third kappa shape index (κ3) is 2.16. The van der Waals surface area contributed by atoms with E-state index in [2.05, 4.69) is 25.4 Å². The van der Waals surface area contributed by atoms with Crippen LogP contribution in [0.15, 0.2) is 17.6 Å². The summed E-state index contributed by atoms with van der Waals surface area (Å²) in [5, 5.41) is 11.0. The van der Waals surface area contributed by atoms with Crippen molar-refractivity contribution in [1.29, 1.82) is 0 Å². The number of aromatic amines is 1. The summed E-state index contributed by atoms with van der Waals surface area (Å²) >= 11 is 1.46. The Kier molecular flexibility index (Phi) is 3.11. The molecule has 18 heavy (non-hydrogen) atoms. The summed E-state index contributed by atoms with van der Waals surface area (Å²) in [5.41, 5.74) is 1.39. The molecule has 2 aromatic heterocycles. The maximum atomic E-state index is 5.78. The first-order valence-electron chi connectivity index (χ1n) is 5.38. The van der Waals surface area contributed by atoms with Gasteiger partial charge in [-0.05, 0) is 6.26 Å². The molecule has 0 unspecified atom stereocenters. The van der Waals surface area contributed by atoms with E-state index in [9.17, 15) is 0 Å². The van der Waals surface area contributed by atoms with Crippen LogP contribution in [-0.4, -0.2) is 51.0 Å². The lowest BCUT2D eigenvalue weighted by Crippen LogP contribution is -2.38. The quantitative estimate of drug-likeness (QED) is 0.645. The Bertz CT molecular complexity index is 529. The smallest absolute Gasteiger partial charge is 0.227 e. The van der Waals surface area contributed by atoms with E-state index in [1.165, 1.54) is 11.8 Å². The van der Waals surface area contributed by atoms with Gasteiger partial charge in [-0.2, -0.15) is 20.4 Å². The lowest BCUT2D eigenvalue weighted by Gasteiger charge is -2.26. The Morgan fingerprint density at radius 2 is 2.33 bits per heavy atom. The first-order valence-corrected chi connectivity index (χ1v) is 6.61. The fourth-order valence-corrected chi connectivity index (χ4v) is 1.82. The van der Waals surface area contributed by atoms with Gasteiger partial charge < -0.3 is 9.47 Å². The van der Waals surface area contributed by atoms with Crippen LogP contribution in [0.4, 0.5) is 0 Å². The Balaban J connectivity index is 1.95. The fraction of sp³-hybridized carbons (Fsp3) is 0.400. The minimum atomic E-state index is 0.0558. The Hall–Kier alpha value is -1.67. The number of nitrogens with zero attached hydrogens (tertiary/aromatic N) is 4. The third-order valence-electron chi connectivity index (χ3n) is 2.49. The first kappa shape index (κ1) is 11.4. The molecule has 1 fully saturated rings. The molecule has 0 saturated carbocycles. The van der Waals surface area contributed by atoms with Crippen LogP contribution >= 0.6 is 11.8 Å². The highest BCUT2D eigenvalue weighted by atomic mass is 32.2. The molecule has 0 aromatic carbocycles. The number of hydrogen-bond donors (Lipinski definition) is 1. The molecule has 0 radical (unpaired) electrons. The van der Waals surface area contributed by atoms with Gasteiger partial charge in [0.15, 0.2) is 5.16 Å². The van der Waals surface area contributed by atoms with Crippen LogP contribution in [0.1, 0.15) is 0 Å². The number of nitrogens with one attached hydrogen (secondary N) is 1. The second-order valence-corrected chi connectivity index (χ2v) is 4.48. The van der Waals surface area contributed by atoms with Crippen molar-refractivity contribution in [2.45, 2.75) is 11.3 Å². The lowest BCUT2D eigenvalue weighted by molar-refractivity contribution is -0.0813. The van der Waals surface area contributed by atoms with Crippen LogP contribution in [0.25, 0.3) is 11.3 Å². The molecular weight excluding hydrogens is 254 g/mol. The molecular formula is C10H11N5O2S. The Morgan fingerprint density at radius 3 is 2.94 bits per heavy atom. The minimum absolute atomic E-state index is 0.0558. The van der Waals surface area contributed by atoms with Crippen molar-refractivity contribution in [3.63, 3.8) is 0 Å². The number of rotatable bonds is 4. The molecule has 8 heteroatoms. The number of H-pyrrole nitrogens is 1. The predicted octanol–water partition coefficient (Wildman–Crippen LogP) is 0.761. The van der Waals surface area contributed by atoms with Gasteiger partial charge in [0.25, 0.3) is 0 Å². The zero-order valence-corrected chi connectivity index (χ0v) is 10.5. The standard InChI is InChI=1S/C10H11N5O2S/c1-18-10-11-2-7(8-3-12-15-14-8)9(13-10)17-6-4-16-5-6/h2-3,6H,4-5H2,1H3,(H,12,14,15). The van der Waals surface area contributed by atoms with Crippen LogP contribution in [0.5, 0.6) is 5.88 Å². The van der Waals surface area contributed by atoms with Crippen LogP contribution in [-0.2, 0) is 4.74 Å². The molecule has 1 aliphatic heterocycles. The van der Waals surface area contributed by atoms with Crippen LogP contribution in [0.2, 0.25) is 0 Å². The fourth-order valence-electron chi connectivity index (χ4n) is 1.49. The van der Waals surface area contributed by atoms with Crippen molar-refractivity contribution in [3.8, 4) is 17.1 Å². The maximum Gasteiger partial charge on any atom is 0.227 e. The number of aromatic nitrogens is 5. The van der Waals surface area contributed by atoms with E-state index in [-0.39, 0.29) is 6.10 Å². The Morgan fingerprint density at radius 1 is 1.44 bits per heavy atom. The molecule has 2 aromatic rings. The van der Waals surface area contributed by atoms with Gasteiger partial charge in [-0.3, -0.25) is 0 Å². The summed E-state index contributed by atoms with van der Waals surface area (Å²) in [5.74, 6) is 0.525. The summed E-state index contributed by atoms with van der Waals surface area (Å²) in [4.78, 5) is 8.59. The minimum Gasteiger partial charge on any atom is -0.469 e. The van der Waals surface area contributed by atoms with E-state index in [0.29, 0.717) is 29.9 Å². The predicted molar refractivity (Wildman–Crippen MR) is 64.4 cm³/mol. The van der Waals surface area contributed by atoms with E-state index in [1.54, 1.807) is 12.4 Å². The number of thioether (sulfide) groups is 1. The van der Waals surface area contributed by atoms with Gasteiger partial charge >= 0.3 is 0 Å². The van der Waals surface area contributed by atoms with Crippen molar-refractivity contribution < 1.29 is 9.47 Å². The monoisotopic (exact) mass is 265 g/mol. The van der Waals surface area contributed by atoms with E-state index in [0.717, 1.165) is 5.56 Å². The van der Waals surface area contributed by atoms with Gasteiger partial charge in [-0.25, -0.2) is 4.98 Å². The van der Waals surface area contributed by atoms with E-state index in [1.807, 2.05) is 6.26 Å².